The van der Waals surface area contributed by atoms with Crippen LogP contribution in [0.5, 0.6) is 0 Å². The van der Waals surface area contributed by atoms with Gasteiger partial charge in [-0.15, -0.1) is 10.2 Å². The minimum atomic E-state index is -0.304. The summed E-state index contributed by atoms with van der Waals surface area (Å²) < 4.78 is 19.0. The summed E-state index contributed by atoms with van der Waals surface area (Å²) in [6, 6.07) is 6.39. The van der Waals surface area contributed by atoms with Crippen molar-refractivity contribution in [1.29, 1.82) is 0 Å². The molecule has 2 saturated carbocycles. The molecular formula is C25H32FN5O3. The van der Waals surface area contributed by atoms with Gasteiger partial charge in [0.15, 0.2) is 0 Å². The van der Waals surface area contributed by atoms with Crippen LogP contribution in [0.2, 0.25) is 0 Å². The van der Waals surface area contributed by atoms with E-state index < -0.39 is 0 Å². The van der Waals surface area contributed by atoms with Gasteiger partial charge < -0.3 is 15.1 Å². The number of carbonyl (C=O) groups is 2. The van der Waals surface area contributed by atoms with Gasteiger partial charge in [-0.2, -0.15) is 0 Å². The van der Waals surface area contributed by atoms with Gasteiger partial charge in [0.1, 0.15) is 5.82 Å². The van der Waals surface area contributed by atoms with Gasteiger partial charge in [-0.25, -0.2) is 4.39 Å². The molecule has 8 nitrogen and oxygen atoms in total. The number of benzene rings is 1. The van der Waals surface area contributed by atoms with E-state index in [0.717, 1.165) is 51.4 Å². The number of hydrogen-bond acceptors (Lipinski definition) is 6. The lowest BCUT2D eigenvalue weighted by molar-refractivity contribution is -0.131. The number of rotatable bonds is 6. The first-order valence-corrected chi connectivity index (χ1v) is 12.5. The SMILES string of the molecule is O=C(CCC1NC(=O)C2CCCCC2N1)NC1CCC(c2nnc(-c3ccc(F)cc3)o2)CC1. The van der Waals surface area contributed by atoms with Gasteiger partial charge in [-0.1, -0.05) is 12.8 Å². The highest BCUT2D eigenvalue weighted by Crippen LogP contribution is 2.33. The molecule has 2 aromatic rings. The summed E-state index contributed by atoms with van der Waals surface area (Å²) in [6.07, 6.45) is 8.57. The Bertz CT molecular complexity index is 1000. The number of aromatic nitrogens is 2. The number of carbonyl (C=O) groups excluding carboxylic acids is 2. The molecular weight excluding hydrogens is 437 g/mol. The summed E-state index contributed by atoms with van der Waals surface area (Å²) in [7, 11) is 0. The van der Waals surface area contributed by atoms with Crippen molar-refractivity contribution in [2.24, 2.45) is 5.92 Å². The van der Waals surface area contributed by atoms with Crippen LogP contribution >= 0.6 is 0 Å². The van der Waals surface area contributed by atoms with Crippen molar-refractivity contribution in [1.82, 2.24) is 26.1 Å². The van der Waals surface area contributed by atoms with Gasteiger partial charge >= 0.3 is 0 Å². The normalized spacial score (nSPS) is 29.2. The van der Waals surface area contributed by atoms with Gasteiger partial charge in [-0.3, -0.25) is 14.9 Å². The molecule has 1 saturated heterocycles. The first kappa shape index (κ1) is 23.0. The van der Waals surface area contributed by atoms with Crippen molar-refractivity contribution in [2.45, 2.75) is 88.4 Å². The fraction of sp³-hybridized carbons (Fsp3) is 0.600. The van der Waals surface area contributed by atoms with Gasteiger partial charge in [0, 0.05) is 30.0 Å². The topological polar surface area (TPSA) is 109 Å². The van der Waals surface area contributed by atoms with Crippen LogP contribution in [0, 0.1) is 11.7 Å². The molecule has 0 radical (unpaired) electrons. The smallest absolute Gasteiger partial charge is 0.247 e. The monoisotopic (exact) mass is 469 g/mol. The molecule has 2 aliphatic carbocycles. The zero-order valence-electron chi connectivity index (χ0n) is 19.3. The average molecular weight is 470 g/mol. The predicted octanol–water partition coefficient (Wildman–Crippen LogP) is 3.40. The Morgan fingerprint density at radius 2 is 1.82 bits per heavy atom. The largest absolute Gasteiger partial charge is 0.420 e. The third-order valence-corrected chi connectivity index (χ3v) is 7.47. The molecule has 1 aromatic heterocycles. The van der Waals surface area contributed by atoms with Gasteiger partial charge in [0.25, 0.3) is 0 Å². The maximum atomic E-state index is 13.1. The number of hydrogen-bond donors (Lipinski definition) is 3. The third-order valence-electron chi connectivity index (χ3n) is 7.47. The number of amides is 2. The van der Waals surface area contributed by atoms with Gasteiger partial charge in [-0.05, 0) is 69.2 Å². The second-order valence-electron chi connectivity index (χ2n) is 9.83. The van der Waals surface area contributed by atoms with Crippen LogP contribution in [0.4, 0.5) is 4.39 Å². The molecule has 182 valence electrons. The Morgan fingerprint density at radius 3 is 2.62 bits per heavy atom. The van der Waals surface area contributed by atoms with Crippen LogP contribution < -0.4 is 16.0 Å². The zero-order chi connectivity index (χ0) is 23.5. The van der Waals surface area contributed by atoms with Gasteiger partial charge in [0.2, 0.25) is 23.6 Å². The standard InChI is InChI=1S/C25H32FN5O3/c26-17-9-5-15(6-10-17)24-30-31-25(34-24)16-7-11-18(12-8-16)27-22(32)14-13-21-28-20-4-2-1-3-19(20)23(33)29-21/h5-6,9-10,16,18-21,28H,1-4,7-8,11-14H2,(H,27,32)(H,29,33). The Morgan fingerprint density at radius 1 is 1.06 bits per heavy atom. The van der Waals surface area contributed by atoms with Crippen molar-refractivity contribution >= 4 is 11.8 Å². The molecule has 0 bridgehead atoms. The molecule has 3 aliphatic rings. The molecule has 3 fully saturated rings. The molecule has 34 heavy (non-hydrogen) atoms. The number of fused-ring (bicyclic) bond motifs is 1. The molecule has 1 aromatic carbocycles. The molecule has 0 spiro atoms. The summed E-state index contributed by atoms with van der Waals surface area (Å²) in [6.45, 7) is 0. The number of nitrogens with one attached hydrogen (secondary N) is 3. The van der Waals surface area contributed by atoms with E-state index in [-0.39, 0.29) is 47.7 Å². The summed E-state index contributed by atoms with van der Waals surface area (Å²) in [4.78, 5) is 24.9. The summed E-state index contributed by atoms with van der Waals surface area (Å²) in [5.74, 6) is 1.11. The lowest BCUT2D eigenvalue weighted by Crippen LogP contribution is -2.62. The Kier molecular flexibility index (Phi) is 6.89. The van der Waals surface area contributed by atoms with Crippen LogP contribution in [0.25, 0.3) is 11.5 Å². The van der Waals surface area contributed by atoms with Crippen LogP contribution in [-0.2, 0) is 9.59 Å². The van der Waals surface area contributed by atoms with E-state index in [2.05, 4.69) is 26.1 Å². The zero-order valence-corrected chi connectivity index (χ0v) is 19.3. The second kappa shape index (κ2) is 10.2. The average Bonchev–Trinajstić information content (AvgIpc) is 3.34. The maximum Gasteiger partial charge on any atom is 0.247 e. The summed E-state index contributed by atoms with van der Waals surface area (Å²) in [5, 5.41) is 18.0. The molecule has 1 aliphatic heterocycles. The Hall–Kier alpha value is -2.81. The van der Waals surface area contributed by atoms with E-state index in [1.165, 1.54) is 12.1 Å². The van der Waals surface area contributed by atoms with Crippen LogP contribution in [0.15, 0.2) is 28.7 Å². The fourth-order valence-electron chi connectivity index (χ4n) is 5.55. The minimum absolute atomic E-state index is 0.0293. The number of halogens is 1. The van der Waals surface area contributed by atoms with Crippen molar-refractivity contribution in [3.05, 3.63) is 36.0 Å². The lowest BCUT2D eigenvalue weighted by Gasteiger charge is -2.40. The highest BCUT2D eigenvalue weighted by Gasteiger charge is 2.37. The third kappa shape index (κ3) is 5.29. The van der Waals surface area contributed by atoms with E-state index in [9.17, 15) is 14.0 Å². The number of nitrogens with zero attached hydrogens (tertiary/aromatic N) is 2. The highest BCUT2D eigenvalue weighted by atomic mass is 19.1. The van der Waals surface area contributed by atoms with Crippen LogP contribution in [0.1, 0.15) is 76.0 Å². The Balaban J connectivity index is 1.05. The minimum Gasteiger partial charge on any atom is -0.420 e. The molecule has 2 heterocycles. The van der Waals surface area contributed by atoms with Crippen LogP contribution in [0.3, 0.4) is 0 Å². The van der Waals surface area contributed by atoms with E-state index >= 15 is 0 Å². The van der Waals surface area contributed by atoms with Crippen molar-refractivity contribution < 1.29 is 18.4 Å². The molecule has 3 N–H and O–H groups in total. The van der Waals surface area contributed by atoms with Crippen molar-refractivity contribution in [3.8, 4) is 11.5 Å². The fourth-order valence-corrected chi connectivity index (χ4v) is 5.55. The molecule has 5 rings (SSSR count). The van der Waals surface area contributed by atoms with E-state index in [4.69, 9.17) is 4.42 Å². The second-order valence-corrected chi connectivity index (χ2v) is 9.83. The summed E-state index contributed by atoms with van der Waals surface area (Å²) in [5.41, 5.74) is 0.698. The van der Waals surface area contributed by atoms with Gasteiger partial charge in [0.05, 0.1) is 12.1 Å². The van der Waals surface area contributed by atoms with E-state index in [0.29, 0.717) is 30.2 Å². The maximum absolute atomic E-state index is 13.1. The highest BCUT2D eigenvalue weighted by molar-refractivity contribution is 5.81. The molecule has 9 heteroatoms. The molecule has 2 amide bonds. The van der Waals surface area contributed by atoms with Crippen LogP contribution in [-0.4, -0.2) is 40.3 Å². The van der Waals surface area contributed by atoms with Crippen molar-refractivity contribution in [3.63, 3.8) is 0 Å². The molecule has 3 atom stereocenters. The van der Waals surface area contributed by atoms with E-state index in [1.54, 1.807) is 12.1 Å². The van der Waals surface area contributed by atoms with E-state index in [1.807, 2.05) is 0 Å². The summed E-state index contributed by atoms with van der Waals surface area (Å²) >= 11 is 0. The quantitative estimate of drug-likeness (QED) is 0.598. The first-order valence-electron chi connectivity index (χ1n) is 12.5. The lowest BCUT2D eigenvalue weighted by atomic mass is 9.82. The molecule has 3 unspecified atom stereocenters. The van der Waals surface area contributed by atoms with Crippen molar-refractivity contribution in [2.75, 3.05) is 0 Å². The Labute approximate surface area is 198 Å². The predicted molar refractivity (Wildman–Crippen MR) is 123 cm³/mol. The first-order chi connectivity index (χ1) is 16.5.